The molecule has 0 unspecified atom stereocenters. The van der Waals surface area contributed by atoms with E-state index in [9.17, 15) is 4.79 Å². The van der Waals surface area contributed by atoms with E-state index in [0.717, 1.165) is 35.4 Å². The van der Waals surface area contributed by atoms with E-state index < -0.39 is 0 Å². The molecule has 2 heterocycles. The number of aromatic amines is 1. The Morgan fingerprint density at radius 2 is 1.78 bits per heavy atom. The summed E-state index contributed by atoms with van der Waals surface area (Å²) in [5.74, 6) is 0.0354. The molecule has 0 radical (unpaired) electrons. The summed E-state index contributed by atoms with van der Waals surface area (Å²) in [6.07, 6.45) is 2.14. The number of carbonyl (C=O) groups excluding carboxylic acids is 1. The van der Waals surface area contributed by atoms with E-state index in [0.29, 0.717) is 11.4 Å². The Bertz CT molecular complexity index is 807. The van der Waals surface area contributed by atoms with Gasteiger partial charge in [0.2, 0.25) is 5.91 Å². The number of halogens is 1. The predicted molar refractivity (Wildman–Crippen MR) is 110 cm³/mol. The van der Waals surface area contributed by atoms with Crippen LogP contribution < -0.4 is 10.6 Å². The van der Waals surface area contributed by atoms with Gasteiger partial charge in [-0.05, 0) is 59.6 Å². The van der Waals surface area contributed by atoms with Crippen molar-refractivity contribution in [1.82, 2.24) is 20.8 Å². The summed E-state index contributed by atoms with van der Waals surface area (Å²) in [4.78, 5) is 12.8. The van der Waals surface area contributed by atoms with Crippen LogP contribution in [0.4, 0.5) is 0 Å². The van der Waals surface area contributed by atoms with Gasteiger partial charge in [0.25, 0.3) is 0 Å². The Labute approximate surface area is 166 Å². The number of aryl methyl sites for hydroxylation is 1. The van der Waals surface area contributed by atoms with Crippen molar-refractivity contribution in [2.45, 2.75) is 71.0 Å². The largest absolute Gasteiger partial charge is 0.353 e. The maximum absolute atomic E-state index is 12.8. The third kappa shape index (κ3) is 4.90. The molecule has 6 heteroatoms. The molecule has 1 aliphatic rings. The van der Waals surface area contributed by atoms with Gasteiger partial charge in [0.15, 0.2) is 0 Å². The average molecular weight is 389 g/mol. The highest BCUT2D eigenvalue weighted by Gasteiger charge is 2.38. The summed E-state index contributed by atoms with van der Waals surface area (Å²) in [5.41, 5.74) is 3.61. The van der Waals surface area contributed by atoms with Crippen LogP contribution in [0.3, 0.4) is 0 Å². The maximum atomic E-state index is 12.8. The van der Waals surface area contributed by atoms with E-state index >= 15 is 0 Å². The molecule has 0 spiro atoms. The van der Waals surface area contributed by atoms with Crippen LogP contribution in [-0.2, 0) is 11.2 Å². The molecule has 5 nitrogen and oxygen atoms in total. The van der Waals surface area contributed by atoms with Crippen LogP contribution in [0.25, 0.3) is 11.3 Å². The van der Waals surface area contributed by atoms with Gasteiger partial charge in [0, 0.05) is 39.0 Å². The van der Waals surface area contributed by atoms with Crippen LogP contribution in [0, 0.1) is 6.92 Å². The van der Waals surface area contributed by atoms with Crippen LogP contribution in [0.2, 0.25) is 5.02 Å². The Kier molecular flexibility index (Phi) is 5.37. The molecular weight excluding hydrogens is 360 g/mol. The molecule has 27 heavy (non-hydrogen) atoms. The van der Waals surface area contributed by atoms with E-state index in [1.165, 1.54) is 0 Å². The van der Waals surface area contributed by atoms with Gasteiger partial charge >= 0.3 is 0 Å². The van der Waals surface area contributed by atoms with Crippen LogP contribution in [0.1, 0.15) is 51.8 Å². The van der Waals surface area contributed by atoms with Gasteiger partial charge in [0.1, 0.15) is 0 Å². The van der Waals surface area contributed by atoms with E-state index in [1.807, 2.05) is 31.2 Å². The zero-order valence-electron chi connectivity index (χ0n) is 16.7. The number of amides is 1. The first-order valence-electron chi connectivity index (χ1n) is 9.43. The first kappa shape index (κ1) is 19.9. The highest BCUT2D eigenvalue weighted by molar-refractivity contribution is 6.30. The van der Waals surface area contributed by atoms with Gasteiger partial charge in [-0.1, -0.05) is 23.7 Å². The molecule has 0 saturated carbocycles. The minimum atomic E-state index is -0.000277. The summed E-state index contributed by atoms with van der Waals surface area (Å²) in [6, 6.07) is 7.69. The van der Waals surface area contributed by atoms with Gasteiger partial charge in [-0.2, -0.15) is 5.10 Å². The van der Waals surface area contributed by atoms with Crippen molar-refractivity contribution >= 4 is 17.5 Å². The van der Waals surface area contributed by atoms with Gasteiger partial charge in [-0.15, -0.1) is 0 Å². The quantitative estimate of drug-likeness (QED) is 0.741. The second-order valence-corrected chi connectivity index (χ2v) is 9.36. The highest BCUT2D eigenvalue weighted by atomic mass is 35.5. The first-order chi connectivity index (χ1) is 12.5. The molecule has 0 atom stereocenters. The third-order valence-corrected chi connectivity index (χ3v) is 5.34. The van der Waals surface area contributed by atoms with Crippen molar-refractivity contribution in [2.75, 3.05) is 0 Å². The fraction of sp³-hybridized carbons (Fsp3) is 0.524. The van der Waals surface area contributed by atoms with Crippen molar-refractivity contribution < 1.29 is 4.79 Å². The van der Waals surface area contributed by atoms with Gasteiger partial charge in [-0.3, -0.25) is 9.89 Å². The molecule has 0 bridgehead atoms. The van der Waals surface area contributed by atoms with Crippen LogP contribution >= 0.6 is 11.6 Å². The van der Waals surface area contributed by atoms with Crippen LogP contribution in [0.5, 0.6) is 0 Å². The third-order valence-electron chi connectivity index (χ3n) is 5.08. The number of rotatable bonds is 4. The number of benzene rings is 1. The smallest absolute Gasteiger partial charge is 0.224 e. The fourth-order valence-corrected chi connectivity index (χ4v) is 4.50. The number of hydrogen-bond acceptors (Lipinski definition) is 3. The molecule has 1 aromatic carbocycles. The lowest BCUT2D eigenvalue weighted by Crippen LogP contribution is -2.62. The Hall–Kier alpha value is -1.85. The lowest BCUT2D eigenvalue weighted by molar-refractivity contribution is -0.121. The lowest BCUT2D eigenvalue weighted by Gasteiger charge is -2.46. The monoisotopic (exact) mass is 388 g/mol. The normalized spacial score (nSPS) is 19.0. The summed E-state index contributed by atoms with van der Waals surface area (Å²) in [7, 11) is 0. The van der Waals surface area contributed by atoms with E-state index in [1.54, 1.807) is 0 Å². The maximum Gasteiger partial charge on any atom is 0.224 e. The average Bonchev–Trinajstić information content (AvgIpc) is 2.86. The Morgan fingerprint density at radius 1 is 1.19 bits per heavy atom. The minimum Gasteiger partial charge on any atom is -0.353 e. The Balaban J connectivity index is 1.73. The molecule has 1 aliphatic heterocycles. The van der Waals surface area contributed by atoms with Crippen molar-refractivity contribution in [1.29, 1.82) is 0 Å². The van der Waals surface area contributed by atoms with Crippen molar-refractivity contribution in [3.05, 3.63) is 40.5 Å². The highest BCUT2D eigenvalue weighted by Crippen LogP contribution is 2.29. The molecule has 1 saturated heterocycles. The van der Waals surface area contributed by atoms with Crippen LogP contribution in [-0.4, -0.2) is 33.2 Å². The number of H-pyrrole nitrogens is 1. The zero-order valence-corrected chi connectivity index (χ0v) is 17.5. The molecule has 146 valence electrons. The summed E-state index contributed by atoms with van der Waals surface area (Å²) in [5, 5.41) is 15.0. The van der Waals surface area contributed by atoms with E-state index in [4.69, 9.17) is 11.6 Å². The number of carbonyl (C=O) groups is 1. The molecule has 1 fully saturated rings. The molecule has 3 rings (SSSR count). The number of aromatic nitrogens is 2. The SMILES string of the molecule is Cc1[nH]nc(-c2ccc(Cl)cc2)c1CC(=O)NC1CC(C)(C)NC(C)(C)C1. The van der Waals surface area contributed by atoms with Crippen molar-refractivity contribution in [3.63, 3.8) is 0 Å². The van der Waals surface area contributed by atoms with Gasteiger partial charge in [-0.25, -0.2) is 0 Å². The zero-order chi connectivity index (χ0) is 19.8. The molecule has 1 amide bonds. The number of piperidine rings is 1. The van der Waals surface area contributed by atoms with Gasteiger partial charge < -0.3 is 10.6 Å². The van der Waals surface area contributed by atoms with Crippen molar-refractivity contribution in [2.24, 2.45) is 0 Å². The predicted octanol–water partition coefficient (Wildman–Crippen LogP) is 4.01. The second-order valence-electron chi connectivity index (χ2n) is 8.92. The summed E-state index contributed by atoms with van der Waals surface area (Å²) < 4.78 is 0. The molecular formula is C21H29ClN4O. The van der Waals surface area contributed by atoms with E-state index in [2.05, 4.69) is 48.5 Å². The lowest BCUT2D eigenvalue weighted by atomic mass is 9.79. The topological polar surface area (TPSA) is 69.8 Å². The molecule has 3 N–H and O–H groups in total. The number of hydrogen-bond donors (Lipinski definition) is 3. The summed E-state index contributed by atoms with van der Waals surface area (Å²) in [6.45, 7) is 10.7. The minimum absolute atomic E-state index is 0.000277. The number of nitrogens with zero attached hydrogens (tertiary/aromatic N) is 1. The Morgan fingerprint density at radius 3 is 2.37 bits per heavy atom. The molecule has 1 aromatic heterocycles. The van der Waals surface area contributed by atoms with Crippen LogP contribution in [0.15, 0.2) is 24.3 Å². The van der Waals surface area contributed by atoms with E-state index in [-0.39, 0.29) is 23.0 Å². The van der Waals surface area contributed by atoms with Crippen molar-refractivity contribution in [3.8, 4) is 11.3 Å². The molecule has 2 aromatic rings. The first-order valence-corrected chi connectivity index (χ1v) is 9.81. The fourth-order valence-electron chi connectivity index (χ4n) is 4.38. The standard InChI is InChI=1S/C21H29ClN4O/c1-13-17(19(25-24-13)14-6-8-15(22)9-7-14)10-18(27)23-16-11-20(2,3)26-21(4,5)12-16/h6-9,16,26H,10-12H2,1-5H3,(H,23,27)(H,24,25). The second kappa shape index (κ2) is 7.28. The molecule has 0 aliphatic carbocycles. The summed E-state index contributed by atoms with van der Waals surface area (Å²) >= 11 is 5.99. The number of nitrogens with one attached hydrogen (secondary N) is 3. The van der Waals surface area contributed by atoms with Gasteiger partial charge in [0.05, 0.1) is 12.1 Å².